The Bertz CT molecular complexity index is 1190. The Kier molecular flexibility index (Phi) is 8.17. The maximum atomic E-state index is 13.6. The number of rotatable bonds is 3. The third-order valence-electron chi connectivity index (χ3n) is 8.54. The number of oxazole rings is 1. The first-order chi connectivity index (χ1) is 17.9. The van der Waals surface area contributed by atoms with E-state index in [0.717, 1.165) is 24.8 Å². The van der Waals surface area contributed by atoms with Gasteiger partial charge in [-0.2, -0.15) is 0 Å². The topological polar surface area (TPSA) is 122 Å². The largest absolute Gasteiger partial charge is 0.457 e. The molecule has 2 aliphatic heterocycles. The SMILES string of the molecule is C=CC[C@H]1C(=O)C(C)(C)[C@@H](O)CC(=O)O[C@H](c2ccc3oc(C)nc3c2)C[C@@H]2O[C@@]2(C)CCC[C@@H](C)[C@H]1O. The zero-order chi connectivity index (χ0) is 27.8. The second-order valence-electron chi connectivity index (χ2n) is 11.9. The number of allylic oxidation sites excluding steroid dienone is 1. The fourth-order valence-electron chi connectivity index (χ4n) is 5.70. The molecule has 2 saturated heterocycles. The summed E-state index contributed by atoms with van der Waals surface area (Å²) in [6.07, 6.45) is 1.50. The molecule has 8 heteroatoms. The van der Waals surface area contributed by atoms with Crippen LogP contribution < -0.4 is 0 Å². The van der Waals surface area contributed by atoms with Crippen molar-refractivity contribution in [3.05, 3.63) is 42.3 Å². The molecule has 0 radical (unpaired) electrons. The van der Waals surface area contributed by atoms with E-state index in [1.807, 2.05) is 25.1 Å². The summed E-state index contributed by atoms with van der Waals surface area (Å²) in [6, 6.07) is 5.53. The Morgan fingerprint density at radius 1 is 1.21 bits per heavy atom. The molecular weight excluding hydrogens is 486 g/mol. The molecule has 0 aliphatic carbocycles. The average molecular weight is 528 g/mol. The number of aliphatic hydroxyl groups excluding tert-OH is 2. The van der Waals surface area contributed by atoms with Crippen LogP contribution in [0, 0.1) is 24.2 Å². The lowest BCUT2D eigenvalue weighted by Crippen LogP contribution is -2.46. The molecule has 38 heavy (non-hydrogen) atoms. The van der Waals surface area contributed by atoms with Gasteiger partial charge in [-0.15, -0.1) is 6.58 Å². The number of carbonyl (C=O) groups excluding carboxylic acids is 2. The van der Waals surface area contributed by atoms with Crippen LogP contribution in [0.1, 0.15) is 83.8 Å². The molecular formula is C30H41NO7. The lowest BCUT2D eigenvalue weighted by molar-refractivity contribution is -0.156. The van der Waals surface area contributed by atoms with E-state index in [2.05, 4.69) is 18.5 Å². The second kappa shape index (κ2) is 10.9. The molecule has 7 atom stereocenters. The average Bonchev–Trinajstić information content (AvgIpc) is 3.32. The van der Waals surface area contributed by atoms with Gasteiger partial charge in [-0.1, -0.05) is 39.3 Å². The number of epoxide rings is 1. The molecule has 2 aromatic rings. The van der Waals surface area contributed by atoms with E-state index in [1.54, 1.807) is 26.8 Å². The van der Waals surface area contributed by atoms with E-state index < -0.39 is 35.6 Å². The minimum atomic E-state index is -1.28. The Balaban J connectivity index is 1.63. The number of ether oxygens (including phenoxy) is 2. The van der Waals surface area contributed by atoms with Crippen molar-refractivity contribution in [2.45, 2.75) is 103 Å². The third kappa shape index (κ3) is 5.87. The summed E-state index contributed by atoms with van der Waals surface area (Å²) in [5.74, 6) is -1.19. The van der Waals surface area contributed by atoms with Gasteiger partial charge in [0.15, 0.2) is 11.5 Å². The molecule has 8 nitrogen and oxygen atoms in total. The van der Waals surface area contributed by atoms with Crippen LogP contribution in [0.2, 0.25) is 0 Å². The third-order valence-corrected chi connectivity index (χ3v) is 8.54. The fraction of sp³-hybridized carbons (Fsp3) is 0.633. The van der Waals surface area contributed by atoms with Gasteiger partial charge in [0, 0.05) is 19.3 Å². The van der Waals surface area contributed by atoms with E-state index in [0.29, 0.717) is 29.8 Å². The molecule has 0 amide bonds. The smallest absolute Gasteiger partial charge is 0.309 e. The molecule has 4 rings (SSSR count). The number of aliphatic hydroxyl groups is 2. The maximum absolute atomic E-state index is 13.6. The van der Waals surface area contributed by atoms with Crippen LogP contribution in [0.3, 0.4) is 0 Å². The molecule has 208 valence electrons. The highest BCUT2D eigenvalue weighted by molar-refractivity contribution is 5.88. The minimum Gasteiger partial charge on any atom is -0.457 e. The summed E-state index contributed by atoms with van der Waals surface area (Å²) in [5.41, 5.74) is 0.481. The van der Waals surface area contributed by atoms with E-state index >= 15 is 0 Å². The summed E-state index contributed by atoms with van der Waals surface area (Å²) in [6.45, 7) is 12.8. The number of Topliss-reactive ketones (excluding diaryl/α,β-unsaturated/α-hetero) is 1. The summed E-state index contributed by atoms with van der Waals surface area (Å²) in [5, 5.41) is 22.2. The molecule has 2 N–H and O–H groups in total. The Morgan fingerprint density at radius 3 is 2.66 bits per heavy atom. The van der Waals surface area contributed by atoms with Crippen molar-refractivity contribution in [2.24, 2.45) is 17.3 Å². The number of aromatic nitrogens is 1. The quantitative estimate of drug-likeness (QED) is 0.325. The van der Waals surface area contributed by atoms with Crippen molar-refractivity contribution < 1.29 is 33.7 Å². The summed E-state index contributed by atoms with van der Waals surface area (Å²) in [4.78, 5) is 31.1. The number of hydrogen-bond acceptors (Lipinski definition) is 8. The van der Waals surface area contributed by atoms with Crippen LogP contribution in [0.15, 0.2) is 35.3 Å². The maximum Gasteiger partial charge on any atom is 0.309 e. The van der Waals surface area contributed by atoms with E-state index in [9.17, 15) is 19.8 Å². The highest BCUT2D eigenvalue weighted by atomic mass is 16.6. The highest BCUT2D eigenvalue weighted by Crippen LogP contribution is 2.47. The normalized spacial score (nSPS) is 34.9. The number of cyclic esters (lactones) is 1. The van der Waals surface area contributed by atoms with E-state index in [4.69, 9.17) is 13.9 Å². The zero-order valence-corrected chi connectivity index (χ0v) is 23.1. The van der Waals surface area contributed by atoms with Crippen LogP contribution in [0.5, 0.6) is 0 Å². The van der Waals surface area contributed by atoms with Gasteiger partial charge in [0.2, 0.25) is 0 Å². The fourth-order valence-corrected chi connectivity index (χ4v) is 5.70. The van der Waals surface area contributed by atoms with Gasteiger partial charge in [-0.25, -0.2) is 4.98 Å². The van der Waals surface area contributed by atoms with E-state index in [-0.39, 0.29) is 29.8 Å². The molecule has 1 aromatic heterocycles. The van der Waals surface area contributed by atoms with Crippen LogP contribution >= 0.6 is 0 Å². The Morgan fingerprint density at radius 2 is 1.95 bits per heavy atom. The van der Waals surface area contributed by atoms with Gasteiger partial charge < -0.3 is 24.1 Å². The van der Waals surface area contributed by atoms with Gasteiger partial charge in [0.1, 0.15) is 17.4 Å². The summed E-state index contributed by atoms with van der Waals surface area (Å²) in [7, 11) is 0. The predicted octanol–water partition coefficient (Wildman–Crippen LogP) is 4.99. The van der Waals surface area contributed by atoms with Gasteiger partial charge in [0.05, 0.1) is 35.7 Å². The molecule has 0 bridgehead atoms. The van der Waals surface area contributed by atoms with Crippen molar-refractivity contribution in [1.82, 2.24) is 4.98 Å². The molecule has 3 heterocycles. The van der Waals surface area contributed by atoms with Crippen LogP contribution in [0.25, 0.3) is 11.1 Å². The summed E-state index contributed by atoms with van der Waals surface area (Å²) >= 11 is 0. The Labute approximate surface area is 224 Å². The van der Waals surface area contributed by atoms with Gasteiger partial charge >= 0.3 is 5.97 Å². The first kappa shape index (κ1) is 28.5. The number of fused-ring (bicyclic) bond motifs is 2. The number of carbonyl (C=O) groups is 2. The van der Waals surface area contributed by atoms with Crippen molar-refractivity contribution in [3.8, 4) is 0 Å². The zero-order valence-electron chi connectivity index (χ0n) is 23.1. The molecule has 2 fully saturated rings. The molecule has 2 aliphatic rings. The number of hydrogen-bond donors (Lipinski definition) is 2. The van der Waals surface area contributed by atoms with E-state index in [1.165, 1.54) is 0 Å². The standard InChI is InChI=1S/C30H41NO7/c1-7-9-20-27(34)17(2)10-8-13-30(6)25(38-30)15-23(19-11-12-22-21(14-19)31-18(3)36-22)37-26(33)16-24(32)29(4,5)28(20)35/h7,11-12,14,17,20,23-25,27,32,34H,1,8-10,13,15-16H2,2-6H3/t17-,20-,23+,24+,25+,27-,30+/m1/s1. The number of ketones is 1. The number of esters is 1. The number of nitrogens with zero attached hydrogens (tertiary/aromatic N) is 1. The highest BCUT2D eigenvalue weighted by Gasteiger charge is 2.53. The molecule has 0 saturated carbocycles. The lowest BCUT2D eigenvalue weighted by atomic mass is 9.71. The lowest BCUT2D eigenvalue weighted by Gasteiger charge is -2.35. The van der Waals surface area contributed by atoms with Crippen molar-refractivity contribution in [2.75, 3.05) is 0 Å². The minimum absolute atomic E-state index is 0.0976. The van der Waals surface area contributed by atoms with Crippen LogP contribution in [-0.2, 0) is 19.1 Å². The number of aryl methyl sites for hydroxylation is 1. The van der Waals surface area contributed by atoms with Crippen LogP contribution in [0.4, 0.5) is 0 Å². The number of benzene rings is 1. The van der Waals surface area contributed by atoms with Crippen molar-refractivity contribution in [3.63, 3.8) is 0 Å². The Hall–Kier alpha value is -2.55. The van der Waals surface area contributed by atoms with Crippen LogP contribution in [-0.4, -0.2) is 50.9 Å². The van der Waals surface area contributed by atoms with Gasteiger partial charge in [0.25, 0.3) is 0 Å². The van der Waals surface area contributed by atoms with Gasteiger partial charge in [-0.05, 0) is 49.8 Å². The monoisotopic (exact) mass is 527 g/mol. The summed E-state index contributed by atoms with van der Waals surface area (Å²) < 4.78 is 17.6. The predicted molar refractivity (Wildman–Crippen MR) is 142 cm³/mol. The molecule has 0 spiro atoms. The second-order valence-corrected chi connectivity index (χ2v) is 11.9. The van der Waals surface area contributed by atoms with Crippen molar-refractivity contribution >= 4 is 22.9 Å². The molecule has 0 unspecified atom stereocenters. The first-order valence-corrected chi connectivity index (χ1v) is 13.6. The molecule has 1 aromatic carbocycles. The van der Waals surface area contributed by atoms with Crippen molar-refractivity contribution in [1.29, 1.82) is 0 Å². The first-order valence-electron chi connectivity index (χ1n) is 13.6. The van der Waals surface area contributed by atoms with Gasteiger partial charge in [-0.3, -0.25) is 9.59 Å².